The van der Waals surface area contributed by atoms with Crippen molar-refractivity contribution in [3.8, 4) is 6.07 Å². The van der Waals surface area contributed by atoms with Crippen LogP contribution in [0.3, 0.4) is 0 Å². The van der Waals surface area contributed by atoms with Gasteiger partial charge in [0.1, 0.15) is 0 Å². The van der Waals surface area contributed by atoms with E-state index in [0.29, 0.717) is 5.56 Å². The predicted molar refractivity (Wildman–Crippen MR) is 83.7 cm³/mol. The van der Waals surface area contributed by atoms with Crippen LogP contribution in [-0.2, 0) is 10.5 Å². The molecule has 21 heavy (non-hydrogen) atoms. The van der Waals surface area contributed by atoms with Gasteiger partial charge in [0.15, 0.2) is 4.34 Å². The average Bonchev–Trinajstić information content (AvgIpc) is 3.03. The largest absolute Gasteiger partial charge is 0.378 e. The van der Waals surface area contributed by atoms with E-state index in [1.54, 1.807) is 23.1 Å². The number of thioether (sulfide) groups is 1. The molecule has 0 radical (unpaired) electrons. The fraction of sp³-hybridized carbons (Fsp3) is 0.357. The Kier molecular flexibility index (Phi) is 4.70. The normalized spacial score (nSPS) is 14.9. The Balaban J connectivity index is 1.57. The molecule has 3 rings (SSSR count). The molecule has 2 aromatic rings. The summed E-state index contributed by atoms with van der Waals surface area (Å²) in [6.45, 7) is 3.28. The average molecular weight is 318 g/mol. The van der Waals surface area contributed by atoms with Gasteiger partial charge in [0, 0.05) is 18.8 Å². The monoisotopic (exact) mass is 318 g/mol. The van der Waals surface area contributed by atoms with Gasteiger partial charge in [0.05, 0.1) is 24.8 Å². The van der Waals surface area contributed by atoms with E-state index >= 15 is 0 Å². The van der Waals surface area contributed by atoms with Gasteiger partial charge in [-0.15, -0.1) is 10.2 Å². The van der Waals surface area contributed by atoms with Gasteiger partial charge in [-0.25, -0.2) is 0 Å². The molecule has 0 unspecified atom stereocenters. The van der Waals surface area contributed by atoms with Crippen LogP contribution in [0.1, 0.15) is 11.1 Å². The van der Waals surface area contributed by atoms with E-state index in [4.69, 9.17) is 10.00 Å². The second-order valence-corrected chi connectivity index (χ2v) is 6.73. The number of hydrogen-bond donors (Lipinski definition) is 0. The first-order valence-electron chi connectivity index (χ1n) is 6.63. The second-order valence-electron chi connectivity index (χ2n) is 4.55. The molecule has 0 spiro atoms. The summed E-state index contributed by atoms with van der Waals surface area (Å²) in [6.07, 6.45) is 0. The number of ether oxygens (including phenoxy) is 1. The highest BCUT2D eigenvalue weighted by molar-refractivity contribution is 8.00. The lowest BCUT2D eigenvalue weighted by atomic mass is 10.2. The Morgan fingerprint density at radius 3 is 2.71 bits per heavy atom. The van der Waals surface area contributed by atoms with Crippen molar-refractivity contribution in [1.82, 2.24) is 10.2 Å². The molecule has 1 aliphatic rings. The van der Waals surface area contributed by atoms with Gasteiger partial charge < -0.3 is 9.64 Å². The lowest BCUT2D eigenvalue weighted by Crippen LogP contribution is -2.36. The van der Waals surface area contributed by atoms with Crippen molar-refractivity contribution >= 4 is 28.2 Å². The molecule has 1 aromatic carbocycles. The minimum atomic E-state index is 0.689. The van der Waals surface area contributed by atoms with Crippen molar-refractivity contribution in [2.24, 2.45) is 0 Å². The van der Waals surface area contributed by atoms with Crippen LogP contribution in [0.15, 0.2) is 28.6 Å². The Hall–Kier alpha value is -1.62. The Morgan fingerprint density at radius 2 is 2.00 bits per heavy atom. The second kappa shape index (κ2) is 6.89. The molecule has 0 amide bonds. The zero-order valence-corrected chi connectivity index (χ0v) is 13.0. The fourth-order valence-electron chi connectivity index (χ4n) is 1.96. The molecule has 1 fully saturated rings. The maximum atomic E-state index is 8.78. The van der Waals surface area contributed by atoms with Gasteiger partial charge in [-0.3, -0.25) is 0 Å². The summed E-state index contributed by atoms with van der Waals surface area (Å²) < 4.78 is 6.31. The topological polar surface area (TPSA) is 62.0 Å². The van der Waals surface area contributed by atoms with Gasteiger partial charge in [0.2, 0.25) is 5.13 Å². The van der Waals surface area contributed by atoms with Gasteiger partial charge in [-0.2, -0.15) is 5.26 Å². The van der Waals surface area contributed by atoms with Crippen molar-refractivity contribution in [3.63, 3.8) is 0 Å². The molecule has 2 heterocycles. The molecule has 0 atom stereocenters. The maximum absolute atomic E-state index is 8.78. The zero-order chi connectivity index (χ0) is 14.5. The lowest BCUT2D eigenvalue weighted by Gasteiger charge is -2.25. The van der Waals surface area contributed by atoms with Crippen LogP contribution in [0.2, 0.25) is 0 Å². The van der Waals surface area contributed by atoms with E-state index in [0.717, 1.165) is 41.5 Å². The molecule has 0 N–H and O–H groups in total. The number of nitrogens with zero attached hydrogens (tertiary/aromatic N) is 4. The SMILES string of the molecule is N#Cc1ccc(CSc2nnc(N3CCOCC3)s2)cc1. The Morgan fingerprint density at radius 1 is 1.24 bits per heavy atom. The van der Waals surface area contributed by atoms with Gasteiger partial charge in [0.25, 0.3) is 0 Å². The smallest absolute Gasteiger partial charge is 0.209 e. The van der Waals surface area contributed by atoms with E-state index in [1.165, 1.54) is 5.56 Å². The third-order valence-electron chi connectivity index (χ3n) is 3.12. The third-order valence-corrected chi connectivity index (χ3v) is 5.31. The first-order valence-corrected chi connectivity index (χ1v) is 8.43. The molecule has 1 aromatic heterocycles. The van der Waals surface area contributed by atoms with Crippen LogP contribution in [0, 0.1) is 11.3 Å². The number of nitriles is 1. The molecule has 0 bridgehead atoms. The minimum absolute atomic E-state index is 0.689. The number of hydrogen-bond acceptors (Lipinski definition) is 7. The molecule has 0 saturated carbocycles. The van der Waals surface area contributed by atoms with E-state index in [9.17, 15) is 0 Å². The van der Waals surface area contributed by atoms with Gasteiger partial charge in [-0.05, 0) is 17.7 Å². The van der Waals surface area contributed by atoms with Gasteiger partial charge >= 0.3 is 0 Å². The molecule has 108 valence electrons. The Labute approximate surface area is 131 Å². The Bertz CT molecular complexity index is 629. The summed E-state index contributed by atoms with van der Waals surface area (Å²) >= 11 is 3.30. The van der Waals surface area contributed by atoms with E-state index in [-0.39, 0.29) is 0 Å². The summed E-state index contributed by atoms with van der Waals surface area (Å²) in [5, 5.41) is 18.2. The number of rotatable bonds is 4. The molecular weight excluding hydrogens is 304 g/mol. The van der Waals surface area contributed by atoms with E-state index < -0.39 is 0 Å². The highest BCUT2D eigenvalue weighted by atomic mass is 32.2. The van der Waals surface area contributed by atoms with E-state index in [1.807, 2.05) is 24.3 Å². The number of aromatic nitrogens is 2. The first kappa shape index (κ1) is 14.3. The quantitative estimate of drug-likeness (QED) is 0.807. The summed E-state index contributed by atoms with van der Waals surface area (Å²) in [6, 6.07) is 9.77. The first-order chi connectivity index (χ1) is 10.3. The van der Waals surface area contributed by atoms with E-state index in [2.05, 4.69) is 21.2 Å². The van der Waals surface area contributed by atoms with Crippen LogP contribution >= 0.6 is 23.1 Å². The number of anilines is 1. The van der Waals surface area contributed by atoms with Crippen LogP contribution in [0.5, 0.6) is 0 Å². The molecule has 1 saturated heterocycles. The van der Waals surface area contributed by atoms with Crippen molar-refractivity contribution in [1.29, 1.82) is 5.26 Å². The summed E-state index contributed by atoms with van der Waals surface area (Å²) in [5.41, 5.74) is 1.87. The van der Waals surface area contributed by atoms with Crippen LogP contribution in [-0.4, -0.2) is 36.5 Å². The third kappa shape index (κ3) is 3.73. The molecule has 0 aliphatic carbocycles. The summed E-state index contributed by atoms with van der Waals surface area (Å²) in [5.74, 6) is 0.837. The van der Waals surface area contributed by atoms with Gasteiger partial charge in [-0.1, -0.05) is 35.2 Å². The number of morpholine rings is 1. The summed E-state index contributed by atoms with van der Waals surface area (Å²) in [7, 11) is 0. The predicted octanol–water partition coefficient (Wildman–Crippen LogP) is 2.54. The van der Waals surface area contributed by atoms with Crippen molar-refractivity contribution in [2.75, 3.05) is 31.2 Å². The maximum Gasteiger partial charge on any atom is 0.209 e. The zero-order valence-electron chi connectivity index (χ0n) is 11.4. The lowest BCUT2D eigenvalue weighted by molar-refractivity contribution is 0.122. The highest BCUT2D eigenvalue weighted by Crippen LogP contribution is 2.30. The van der Waals surface area contributed by atoms with Crippen LogP contribution in [0.25, 0.3) is 0 Å². The number of benzene rings is 1. The fourth-order valence-corrected chi connectivity index (χ4v) is 3.81. The van der Waals surface area contributed by atoms with Crippen molar-refractivity contribution in [3.05, 3.63) is 35.4 Å². The molecule has 1 aliphatic heterocycles. The summed E-state index contributed by atoms with van der Waals surface area (Å²) in [4.78, 5) is 2.22. The van der Waals surface area contributed by atoms with Crippen LogP contribution < -0.4 is 4.90 Å². The molecule has 7 heteroatoms. The molecular formula is C14H14N4OS2. The van der Waals surface area contributed by atoms with Crippen molar-refractivity contribution in [2.45, 2.75) is 10.1 Å². The van der Waals surface area contributed by atoms with Crippen molar-refractivity contribution < 1.29 is 4.74 Å². The molecule has 5 nitrogen and oxygen atoms in total. The highest BCUT2D eigenvalue weighted by Gasteiger charge is 2.15. The minimum Gasteiger partial charge on any atom is -0.378 e. The standard InChI is InChI=1S/C14H14N4OS2/c15-9-11-1-3-12(4-2-11)10-20-14-17-16-13(21-14)18-5-7-19-8-6-18/h1-4H,5-8,10H2. The van der Waals surface area contributed by atoms with Crippen LogP contribution in [0.4, 0.5) is 5.13 Å².